The molecule has 0 radical (unpaired) electrons. The van der Waals surface area contributed by atoms with Crippen LogP contribution in [0, 0.1) is 5.92 Å². The highest BCUT2D eigenvalue weighted by molar-refractivity contribution is 5.71. The molecule has 6 heteroatoms. The molecule has 0 spiro atoms. The molecule has 4 nitrogen and oxygen atoms in total. The number of likely N-dealkylation sites (tertiary alicyclic amines) is 1. The number of carbonyl (C=O) groups excluding carboxylic acids is 1. The summed E-state index contributed by atoms with van der Waals surface area (Å²) in [5.41, 5.74) is 0. The molecule has 20 heavy (non-hydrogen) atoms. The third-order valence-corrected chi connectivity index (χ3v) is 3.53. The van der Waals surface area contributed by atoms with E-state index in [1.54, 1.807) is 6.92 Å². The average Bonchev–Trinajstić information content (AvgIpc) is 2.36. The van der Waals surface area contributed by atoms with Crippen molar-refractivity contribution in [3.8, 4) is 0 Å². The molecule has 2 unspecified atom stereocenters. The molecule has 0 amide bonds. The van der Waals surface area contributed by atoms with Gasteiger partial charge in [0.05, 0.1) is 19.7 Å². The van der Waals surface area contributed by atoms with Gasteiger partial charge in [0.25, 0.3) is 6.43 Å². The lowest BCUT2D eigenvalue weighted by molar-refractivity contribution is -0.145. The summed E-state index contributed by atoms with van der Waals surface area (Å²) >= 11 is 0. The van der Waals surface area contributed by atoms with Crippen molar-refractivity contribution in [2.45, 2.75) is 45.6 Å². The van der Waals surface area contributed by atoms with Crippen molar-refractivity contribution in [3.05, 3.63) is 0 Å². The molecule has 118 valence electrons. The number of rotatable bonds is 8. The fourth-order valence-electron chi connectivity index (χ4n) is 2.84. The van der Waals surface area contributed by atoms with Gasteiger partial charge in [0.2, 0.25) is 0 Å². The summed E-state index contributed by atoms with van der Waals surface area (Å²) in [4.78, 5) is 13.6. The summed E-state index contributed by atoms with van der Waals surface area (Å²) in [5.74, 6) is 0.218. The molecule has 1 aliphatic heterocycles. The molecule has 1 saturated heterocycles. The molecule has 1 rings (SSSR count). The number of nitrogens with zero attached hydrogens (tertiary/aromatic N) is 1. The standard InChI is InChI=1S/C14H26F2N2O2/c1-3-5-11-6-12(17-7-13(15)16)9-18(8-11)10-14(19)20-4-2/h11-13,17H,3-10H2,1-2H3. The predicted octanol–water partition coefficient (Wildman–Crippen LogP) is 1.89. The summed E-state index contributed by atoms with van der Waals surface area (Å²) in [6.45, 7) is 5.72. The Morgan fingerprint density at radius 1 is 1.40 bits per heavy atom. The van der Waals surface area contributed by atoms with E-state index in [0.29, 0.717) is 19.1 Å². The van der Waals surface area contributed by atoms with Crippen LogP contribution in [-0.2, 0) is 9.53 Å². The number of ether oxygens (including phenoxy) is 1. The first kappa shape index (κ1) is 17.3. The Morgan fingerprint density at radius 2 is 2.15 bits per heavy atom. The number of hydrogen-bond acceptors (Lipinski definition) is 4. The first-order chi connectivity index (χ1) is 9.55. The smallest absolute Gasteiger partial charge is 0.320 e. The third-order valence-electron chi connectivity index (χ3n) is 3.53. The van der Waals surface area contributed by atoms with Gasteiger partial charge >= 0.3 is 5.97 Å². The second-order valence-corrected chi connectivity index (χ2v) is 5.39. The first-order valence-corrected chi connectivity index (χ1v) is 7.44. The van der Waals surface area contributed by atoms with E-state index in [-0.39, 0.29) is 25.1 Å². The van der Waals surface area contributed by atoms with E-state index < -0.39 is 6.43 Å². The molecular formula is C14H26F2N2O2. The topological polar surface area (TPSA) is 41.6 Å². The van der Waals surface area contributed by atoms with E-state index in [1.165, 1.54) is 0 Å². The van der Waals surface area contributed by atoms with Gasteiger partial charge in [-0.25, -0.2) is 8.78 Å². The second-order valence-electron chi connectivity index (χ2n) is 5.39. The minimum atomic E-state index is -2.33. The monoisotopic (exact) mass is 292 g/mol. The predicted molar refractivity (Wildman–Crippen MR) is 73.9 cm³/mol. The van der Waals surface area contributed by atoms with Crippen LogP contribution in [0.1, 0.15) is 33.1 Å². The Kier molecular flexibility index (Phi) is 7.99. The largest absolute Gasteiger partial charge is 0.465 e. The summed E-state index contributed by atoms with van der Waals surface area (Å²) in [7, 11) is 0. The lowest BCUT2D eigenvalue weighted by atomic mass is 9.90. The number of alkyl halides is 2. The highest BCUT2D eigenvalue weighted by atomic mass is 19.3. The SMILES string of the molecule is CCCC1CC(NCC(F)F)CN(CC(=O)OCC)C1. The highest BCUT2D eigenvalue weighted by Crippen LogP contribution is 2.21. The molecule has 0 aliphatic carbocycles. The number of carbonyl (C=O) groups is 1. The zero-order valence-electron chi connectivity index (χ0n) is 12.4. The zero-order valence-corrected chi connectivity index (χ0v) is 12.4. The Hall–Kier alpha value is -0.750. The molecule has 0 aromatic carbocycles. The average molecular weight is 292 g/mol. The minimum Gasteiger partial charge on any atom is -0.465 e. The van der Waals surface area contributed by atoms with Gasteiger partial charge in [0, 0.05) is 19.1 Å². The highest BCUT2D eigenvalue weighted by Gasteiger charge is 2.28. The van der Waals surface area contributed by atoms with Crippen LogP contribution in [0.4, 0.5) is 8.78 Å². The van der Waals surface area contributed by atoms with Crippen LogP contribution in [0.15, 0.2) is 0 Å². The van der Waals surface area contributed by atoms with Gasteiger partial charge in [0.1, 0.15) is 0 Å². The van der Waals surface area contributed by atoms with Crippen molar-refractivity contribution in [1.82, 2.24) is 10.2 Å². The third kappa shape index (κ3) is 6.61. The molecule has 0 aromatic heterocycles. The van der Waals surface area contributed by atoms with E-state index in [9.17, 15) is 13.6 Å². The molecule has 2 atom stereocenters. The molecule has 1 N–H and O–H groups in total. The van der Waals surface area contributed by atoms with Crippen LogP contribution in [0.5, 0.6) is 0 Å². The van der Waals surface area contributed by atoms with Crippen LogP contribution in [0.25, 0.3) is 0 Å². The number of halogens is 2. The second kappa shape index (κ2) is 9.23. The van der Waals surface area contributed by atoms with Gasteiger partial charge < -0.3 is 10.1 Å². The van der Waals surface area contributed by atoms with Gasteiger partial charge in [0.15, 0.2) is 0 Å². The van der Waals surface area contributed by atoms with Gasteiger partial charge in [-0.1, -0.05) is 13.3 Å². The first-order valence-electron chi connectivity index (χ1n) is 7.44. The Labute approximate surface area is 119 Å². The Morgan fingerprint density at radius 3 is 2.75 bits per heavy atom. The van der Waals surface area contributed by atoms with Crippen LogP contribution >= 0.6 is 0 Å². The fraction of sp³-hybridized carbons (Fsp3) is 0.929. The van der Waals surface area contributed by atoms with Crippen molar-refractivity contribution >= 4 is 5.97 Å². The van der Waals surface area contributed by atoms with Crippen molar-refractivity contribution < 1.29 is 18.3 Å². The van der Waals surface area contributed by atoms with Crippen molar-refractivity contribution in [3.63, 3.8) is 0 Å². The summed E-state index contributed by atoms with van der Waals surface area (Å²) < 4.78 is 29.5. The van der Waals surface area contributed by atoms with Crippen molar-refractivity contribution in [2.24, 2.45) is 5.92 Å². The maximum atomic E-state index is 12.3. The minimum absolute atomic E-state index is 0.0312. The quantitative estimate of drug-likeness (QED) is 0.694. The molecule has 0 aromatic rings. The Bertz CT molecular complexity index is 290. The van der Waals surface area contributed by atoms with Gasteiger partial charge in [-0.15, -0.1) is 0 Å². The fourth-order valence-corrected chi connectivity index (χ4v) is 2.84. The lowest BCUT2D eigenvalue weighted by Crippen LogP contribution is -2.51. The normalized spacial score (nSPS) is 24.1. The van der Waals surface area contributed by atoms with E-state index in [4.69, 9.17) is 4.74 Å². The molecule has 0 saturated carbocycles. The van der Waals surface area contributed by atoms with E-state index >= 15 is 0 Å². The van der Waals surface area contributed by atoms with Crippen LogP contribution < -0.4 is 5.32 Å². The van der Waals surface area contributed by atoms with Crippen molar-refractivity contribution in [2.75, 3.05) is 32.8 Å². The van der Waals surface area contributed by atoms with E-state index in [0.717, 1.165) is 25.8 Å². The molecule has 1 heterocycles. The molecule has 0 bridgehead atoms. The van der Waals surface area contributed by atoms with E-state index in [1.807, 2.05) is 4.90 Å². The summed E-state index contributed by atoms with van der Waals surface area (Å²) in [6, 6.07) is 0.0312. The van der Waals surface area contributed by atoms with Crippen LogP contribution in [-0.4, -0.2) is 56.1 Å². The lowest BCUT2D eigenvalue weighted by Gasteiger charge is -2.37. The number of nitrogens with one attached hydrogen (secondary N) is 1. The maximum Gasteiger partial charge on any atom is 0.320 e. The Balaban J connectivity index is 2.48. The van der Waals surface area contributed by atoms with Crippen LogP contribution in [0.2, 0.25) is 0 Å². The van der Waals surface area contributed by atoms with E-state index in [2.05, 4.69) is 12.2 Å². The number of hydrogen-bond donors (Lipinski definition) is 1. The molecule has 1 aliphatic rings. The zero-order chi connectivity index (χ0) is 15.0. The maximum absolute atomic E-state index is 12.3. The van der Waals surface area contributed by atoms with Gasteiger partial charge in [-0.2, -0.15) is 0 Å². The molecular weight excluding hydrogens is 266 g/mol. The van der Waals surface area contributed by atoms with Gasteiger partial charge in [-0.3, -0.25) is 9.69 Å². The molecule has 1 fully saturated rings. The summed E-state index contributed by atoms with van der Waals surface area (Å²) in [6.07, 6.45) is 0.700. The van der Waals surface area contributed by atoms with Crippen LogP contribution in [0.3, 0.4) is 0 Å². The van der Waals surface area contributed by atoms with Crippen molar-refractivity contribution in [1.29, 1.82) is 0 Å². The number of piperidine rings is 1. The summed E-state index contributed by atoms with van der Waals surface area (Å²) in [5, 5.41) is 2.90. The number of esters is 1. The van der Waals surface area contributed by atoms with Gasteiger partial charge in [-0.05, 0) is 25.7 Å².